The standard InChI is InChI=1S/C12H17ClN4O2/c1-2-15-11(18)5-6-16-12(19)9-7-8(13)3-4-10(9)17-14/h3-4,7,17H,2,5-6,14H2,1H3,(H,15,18)(H,16,19). The molecule has 1 aromatic carbocycles. The van der Waals surface area contributed by atoms with E-state index in [9.17, 15) is 9.59 Å². The second-order valence-electron chi connectivity index (χ2n) is 3.79. The maximum absolute atomic E-state index is 11.9. The number of benzene rings is 1. The first-order valence-electron chi connectivity index (χ1n) is 5.89. The molecule has 0 saturated carbocycles. The van der Waals surface area contributed by atoms with E-state index in [0.29, 0.717) is 22.8 Å². The minimum atomic E-state index is -0.334. The van der Waals surface area contributed by atoms with E-state index >= 15 is 0 Å². The zero-order valence-corrected chi connectivity index (χ0v) is 11.4. The molecule has 2 amide bonds. The zero-order chi connectivity index (χ0) is 14.3. The predicted molar refractivity (Wildman–Crippen MR) is 74.9 cm³/mol. The van der Waals surface area contributed by atoms with Gasteiger partial charge in [0.1, 0.15) is 0 Å². The van der Waals surface area contributed by atoms with Crippen molar-refractivity contribution in [1.29, 1.82) is 0 Å². The van der Waals surface area contributed by atoms with Crippen molar-refractivity contribution in [2.75, 3.05) is 18.5 Å². The number of amides is 2. The minimum Gasteiger partial charge on any atom is -0.356 e. The van der Waals surface area contributed by atoms with Crippen molar-refractivity contribution in [1.82, 2.24) is 10.6 Å². The Morgan fingerprint density at radius 1 is 1.32 bits per heavy atom. The predicted octanol–water partition coefficient (Wildman–Crippen LogP) is 0.882. The lowest BCUT2D eigenvalue weighted by atomic mass is 10.1. The first-order valence-corrected chi connectivity index (χ1v) is 6.27. The maximum Gasteiger partial charge on any atom is 0.253 e. The summed E-state index contributed by atoms with van der Waals surface area (Å²) in [6.07, 6.45) is 0.228. The Morgan fingerprint density at radius 2 is 2.05 bits per heavy atom. The van der Waals surface area contributed by atoms with Gasteiger partial charge in [-0.2, -0.15) is 0 Å². The van der Waals surface area contributed by atoms with Crippen molar-refractivity contribution in [2.45, 2.75) is 13.3 Å². The number of nitrogens with one attached hydrogen (secondary N) is 3. The van der Waals surface area contributed by atoms with Crippen LogP contribution in [0.1, 0.15) is 23.7 Å². The molecule has 1 aromatic rings. The Labute approximate surface area is 116 Å². The van der Waals surface area contributed by atoms with E-state index in [1.54, 1.807) is 12.1 Å². The van der Waals surface area contributed by atoms with Gasteiger partial charge in [0.2, 0.25) is 5.91 Å². The number of carbonyl (C=O) groups is 2. The molecule has 0 saturated heterocycles. The van der Waals surface area contributed by atoms with E-state index in [1.165, 1.54) is 6.07 Å². The number of hydrazine groups is 1. The molecule has 0 heterocycles. The summed E-state index contributed by atoms with van der Waals surface area (Å²) in [5.41, 5.74) is 3.24. The van der Waals surface area contributed by atoms with Gasteiger partial charge in [-0.1, -0.05) is 11.6 Å². The molecule has 0 fully saturated rings. The van der Waals surface area contributed by atoms with Gasteiger partial charge in [0.15, 0.2) is 0 Å². The normalized spacial score (nSPS) is 9.84. The van der Waals surface area contributed by atoms with Crippen LogP contribution in [0.5, 0.6) is 0 Å². The van der Waals surface area contributed by atoms with Gasteiger partial charge in [-0.25, -0.2) is 0 Å². The lowest BCUT2D eigenvalue weighted by Gasteiger charge is -2.10. The second-order valence-corrected chi connectivity index (χ2v) is 4.23. The molecule has 0 radical (unpaired) electrons. The fourth-order valence-electron chi connectivity index (χ4n) is 1.50. The maximum atomic E-state index is 11.9. The van der Waals surface area contributed by atoms with Crippen LogP contribution in [-0.2, 0) is 4.79 Å². The molecule has 0 aromatic heterocycles. The zero-order valence-electron chi connectivity index (χ0n) is 10.6. The lowest BCUT2D eigenvalue weighted by molar-refractivity contribution is -0.120. The number of nitrogens with two attached hydrogens (primary N) is 1. The highest BCUT2D eigenvalue weighted by molar-refractivity contribution is 6.31. The topological polar surface area (TPSA) is 96.2 Å². The summed E-state index contributed by atoms with van der Waals surface area (Å²) in [4.78, 5) is 23.1. The van der Waals surface area contributed by atoms with Crippen molar-refractivity contribution >= 4 is 29.1 Å². The summed E-state index contributed by atoms with van der Waals surface area (Å²) in [6, 6.07) is 4.75. The van der Waals surface area contributed by atoms with E-state index in [1.807, 2.05) is 6.92 Å². The van der Waals surface area contributed by atoms with E-state index in [0.717, 1.165) is 0 Å². The number of carbonyl (C=O) groups excluding carboxylic acids is 2. The second kappa shape index (κ2) is 7.60. The van der Waals surface area contributed by atoms with Gasteiger partial charge in [0.05, 0.1) is 11.3 Å². The van der Waals surface area contributed by atoms with Gasteiger partial charge in [-0.05, 0) is 25.1 Å². The third kappa shape index (κ3) is 4.76. The average molecular weight is 285 g/mol. The van der Waals surface area contributed by atoms with Gasteiger partial charge < -0.3 is 16.1 Å². The number of halogens is 1. The summed E-state index contributed by atoms with van der Waals surface area (Å²) in [7, 11) is 0. The Balaban J connectivity index is 2.58. The van der Waals surface area contributed by atoms with Crippen LogP contribution in [0.4, 0.5) is 5.69 Å². The van der Waals surface area contributed by atoms with Crippen LogP contribution in [0.3, 0.4) is 0 Å². The number of nitrogen functional groups attached to an aromatic ring is 1. The van der Waals surface area contributed by atoms with E-state index in [-0.39, 0.29) is 24.8 Å². The van der Waals surface area contributed by atoms with Crippen molar-refractivity contribution in [3.8, 4) is 0 Å². The molecule has 5 N–H and O–H groups in total. The molecule has 0 bridgehead atoms. The molecule has 0 unspecified atom stereocenters. The molecule has 7 heteroatoms. The van der Waals surface area contributed by atoms with Crippen LogP contribution in [0, 0.1) is 0 Å². The van der Waals surface area contributed by atoms with Crippen LogP contribution in [0.2, 0.25) is 5.02 Å². The van der Waals surface area contributed by atoms with Gasteiger partial charge in [0, 0.05) is 24.5 Å². The molecular weight excluding hydrogens is 268 g/mol. The highest BCUT2D eigenvalue weighted by atomic mass is 35.5. The lowest BCUT2D eigenvalue weighted by Crippen LogP contribution is -2.31. The largest absolute Gasteiger partial charge is 0.356 e. The van der Waals surface area contributed by atoms with E-state index in [4.69, 9.17) is 17.4 Å². The molecular formula is C12H17ClN4O2. The van der Waals surface area contributed by atoms with Gasteiger partial charge in [0.25, 0.3) is 5.91 Å². The summed E-state index contributed by atoms with van der Waals surface area (Å²) < 4.78 is 0. The molecule has 0 atom stereocenters. The van der Waals surface area contributed by atoms with Gasteiger partial charge in [-0.15, -0.1) is 0 Å². The Hall–Kier alpha value is -1.79. The SMILES string of the molecule is CCNC(=O)CCNC(=O)c1cc(Cl)ccc1NN. The number of rotatable bonds is 6. The van der Waals surface area contributed by atoms with Crippen molar-refractivity contribution < 1.29 is 9.59 Å². The van der Waals surface area contributed by atoms with Crippen LogP contribution >= 0.6 is 11.6 Å². The van der Waals surface area contributed by atoms with Gasteiger partial charge >= 0.3 is 0 Å². The van der Waals surface area contributed by atoms with Crippen LogP contribution in [-0.4, -0.2) is 24.9 Å². The quantitative estimate of drug-likeness (QED) is 0.461. The monoisotopic (exact) mass is 284 g/mol. The highest BCUT2D eigenvalue weighted by Gasteiger charge is 2.11. The molecule has 0 aliphatic carbocycles. The van der Waals surface area contributed by atoms with E-state index < -0.39 is 0 Å². The smallest absolute Gasteiger partial charge is 0.253 e. The molecule has 0 spiro atoms. The van der Waals surface area contributed by atoms with Crippen LogP contribution in [0.15, 0.2) is 18.2 Å². The number of hydrogen-bond donors (Lipinski definition) is 4. The Morgan fingerprint density at radius 3 is 2.68 bits per heavy atom. The molecule has 104 valence electrons. The third-order valence-electron chi connectivity index (χ3n) is 2.39. The van der Waals surface area contributed by atoms with Crippen LogP contribution < -0.4 is 21.9 Å². The Bertz CT molecular complexity index is 465. The van der Waals surface area contributed by atoms with Crippen molar-refractivity contribution in [2.24, 2.45) is 5.84 Å². The fraction of sp³-hybridized carbons (Fsp3) is 0.333. The molecule has 0 aliphatic heterocycles. The fourth-order valence-corrected chi connectivity index (χ4v) is 1.67. The summed E-state index contributed by atoms with van der Waals surface area (Å²) >= 11 is 5.83. The Kier molecular flexibility index (Phi) is 6.11. The highest BCUT2D eigenvalue weighted by Crippen LogP contribution is 2.19. The van der Waals surface area contributed by atoms with Crippen molar-refractivity contribution in [3.63, 3.8) is 0 Å². The summed E-state index contributed by atoms with van der Waals surface area (Å²) in [5, 5.41) is 5.72. The van der Waals surface area contributed by atoms with Gasteiger partial charge in [-0.3, -0.25) is 15.4 Å². The summed E-state index contributed by atoms with van der Waals surface area (Å²) in [5.74, 6) is 4.88. The molecule has 0 aliphatic rings. The molecule has 1 rings (SSSR count). The average Bonchev–Trinajstić information content (AvgIpc) is 2.38. The number of hydrogen-bond acceptors (Lipinski definition) is 4. The molecule has 19 heavy (non-hydrogen) atoms. The molecule has 6 nitrogen and oxygen atoms in total. The van der Waals surface area contributed by atoms with Crippen molar-refractivity contribution in [3.05, 3.63) is 28.8 Å². The number of anilines is 1. The first kappa shape index (κ1) is 15.3. The van der Waals surface area contributed by atoms with Crippen LogP contribution in [0.25, 0.3) is 0 Å². The third-order valence-corrected chi connectivity index (χ3v) is 2.63. The first-order chi connectivity index (χ1) is 9.08. The summed E-state index contributed by atoms with van der Waals surface area (Å²) in [6.45, 7) is 2.66. The van der Waals surface area contributed by atoms with E-state index in [2.05, 4.69) is 16.1 Å². The minimum absolute atomic E-state index is 0.105.